The number of nitrogens with zero attached hydrogens (tertiary/aromatic N) is 1. The Morgan fingerprint density at radius 1 is 1.45 bits per heavy atom. The Morgan fingerprint density at radius 3 is 2.65 bits per heavy atom. The molecule has 0 aliphatic heterocycles. The Hall–Kier alpha value is -0.610. The number of aliphatic hydroxyl groups is 1. The van der Waals surface area contributed by atoms with Gasteiger partial charge in [0.2, 0.25) is 0 Å². The van der Waals surface area contributed by atoms with Crippen LogP contribution in [-0.4, -0.2) is 35.6 Å². The Bertz CT molecular complexity index is 332. The lowest BCUT2D eigenvalue weighted by Crippen LogP contribution is -2.42. The fraction of sp³-hybridized carbons (Fsp3) is 0.938. The van der Waals surface area contributed by atoms with Gasteiger partial charge in [0.15, 0.2) is 0 Å². The quantitative estimate of drug-likeness (QED) is 0.763. The molecule has 4 heteroatoms. The molecular weight excluding hydrogens is 252 g/mol. The number of nitrogens with one attached hydrogen (secondary N) is 1. The van der Waals surface area contributed by atoms with Gasteiger partial charge in [0.05, 0.1) is 5.71 Å². The van der Waals surface area contributed by atoms with E-state index >= 15 is 0 Å². The van der Waals surface area contributed by atoms with Crippen LogP contribution in [0.2, 0.25) is 0 Å². The molecule has 1 fully saturated rings. The van der Waals surface area contributed by atoms with E-state index in [0.717, 1.165) is 18.6 Å². The molecule has 0 unspecified atom stereocenters. The average Bonchev–Trinajstić information content (AvgIpc) is 2.22. The zero-order valence-electron chi connectivity index (χ0n) is 14.0. The molecule has 0 radical (unpaired) electrons. The summed E-state index contributed by atoms with van der Waals surface area (Å²) >= 11 is 0. The van der Waals surface area contributed by atoms with Crippen LogP contribution in [0, 0.1) is 11.3 Å². The SMILES string of the molecule is C[C@@H]1C/C(=N/OC[C@@H](O)CNC(C)(C)C)CC(C)(C)C1. The second-order valence-corrected chi connectivity index (χ2v) is 8.09. The third-order valence-electron chi connectivity index (χ3n) is 3.50. The van der Waals surface area contributed by atoms with E-state index in [-0.39, 0.29) is 12.1 Å². The summed E-state index contributed by atoms with van der Waals surface area (Å²) in [6.45, 7) is 13.8. The van der Waals surface area contributed by atoms with Gasteiger partial charge >= 0.3 is 0 Å². The third-order valence-corrected chi connectivity index (χ3v) is 3.50. The molecule has 0 bridgehead atoms. The van der Waals surface area contributed by atoms with Crippen LogP contribution in [0.3, 0.4) is 0 Å². The Labute approximate surface area is 124 Å². The number of oxime groups is 1. The molecule has 1 aliphatic carbocycles. The highest BCUT2D eigenvalue weighted by atomic mass is 16.6. The second kappa shape index (κ2) is 6.90. The van der Waals surface area contributed by atoms with Gasteiger partial charge < -0.3 is 15.3 Å². The molecule has 0 aromatic rings. The van der Waals surface area contributed by atoms with Crippen molar-refractivity contribution in [2.45, 2.75) is 72.4 Å². The van der Waals surface area contributed by atoms with Crippen molar-refractivity contribution in [1.82, 2.24) is 5.32 Å². The summed E-state index contributed by atoms with van der Waals surface area (Å²) < 4.78 is 0. The van der Waals surface area contributed by atoms with Gasteiger partial charge in [-0.25, -0.2) is 0 Å². The van der Waals surface area contributed by atoms with Gasteiger partial charge in [0.25, 0.3) is 0 Å². The van der Waals surface area contributed by atoms with Crippen molar-refractivity contribution in [1.29, 1.82) is 0 Å². The Morgan fingerprint density at radius 2 is 2.10 bits per heavy atom. The van der Waals surface area contributed by atoms with Crippen molar-refractivity contribution in [3.05, 3.63) is 0 Å². The molecule has 20 heavy (non-hydrogen) atoms. The molecule has 0 spiro atoms. The maximum Gasteiger partial charge on any atom is 0.144 e. The van der Waals surface area contributed by atoms with E-state index in [9.17, 15) is 5.11 Å². The van der Waals surface area contributed by atoms with E-state index in [1.165, 1.54) is 6.42 Å². The highest BCUT2D eigenvalue weighted by Crippen LogP contribution is 2.36. The number of rotatable bonds is 5. The first kappa shape index (κ1) is 17.4. The van der Waals surface area contributed by atoms with Crippen LogP contribution in [0.5, 0.6) is 0 Å². The molecular formula is C16H32N2O2. The van der Waals surface area contributed by atoms with E-state index in [0.29, 0.717) is 17.9 Å². The van der Waals surface area contributed by atoms with Gasteiger partial charge in [0, 0.05) is 12.1 Å². The fourth-order valence-corrected chi connectivity index (χ4v) is 2.88. The summed E-state index contributed by atoms with van der Waals surface area (Å²) in [5.41, 5.74) is 1.45. The van der Waals surface area contributed by atoms with E-state index in [4.69, 9.17) is 4.84 Å². The second-order valence-electron chi connectivity index (χ2n) is 8.09. The summed E-state index contributed by atoms with van der Waals surface area (Å²) in [6, 6.07) is 0. The van der Waals surface area contributed by atoms with Gasteiger partial charge in [-0.2, -0.15) is 0 Å². The summed E-state index contributed by atoms with van der Waals surface area (Å²) in [6.07, 6.45) is 2.73. The molecule has 0 aromatic carbocycles. The van der Waals surface area contributed by atoms with Gasteiger partial charge in [0.1, 0.15) is 12.7 Å². The van der Waals surface area contributed by atoms with Crippen molar-refractivity contribution < 1.29 is 9.94 Å². The van der Waals surface area contributed by atoms with Crippen LogP contribution >= 0.6 is 0 Å². The molecule has 1 aliphatic rings. The number of hydrogen-bond donors (Lipinski definition) is 2. The van der Waals surface area contributed by atoms with Crippen molar-refractivity contribution in [3.8, 4) is 0 Å². The maximum absolute atomic E-state index is 9.84. The minimum absolute atomic E-state index is 0.00962. The largest absolute Gasteiger partial charge is 0.393 e. The standard InChI is InChI=1S/C16H32N2O2/c1-12-7-13(9-16(5,6)8-12)18-20-11-14(19)10-17-15(2,3)4/h12,14,17,19H,7-11H2,1-6H3/b18-13-/t12-,14+/m1/s1. The molecule has 1 saturated carbocycles. The monoisotopic (exact) mass is 284 g/mol. The van der Waals surface area contributed by atoms with Gasteiger partial charge in [-0.15, -0.1) is 0 Å². The fourth-order valence-electron chi connectivity index (χ4n) is 2.88. The highest BCUT2D eigenvalue weighted by Gasteiger charge is 2.29. The van der Waals surface area contributed by atoms with Crippen LogP contribution in [0.4, 0.5) is 0 Å². The van der Waals surface area contributed by atoms with Crippen LogP contribution in [-0.2, 0) is 4.84 Å². The first-order valence-electron chi connectivity index (χ1n) is 7.68. The normalized spacial score (nSPS) is 26.6. The van der Waals surface area contributed by atoms with Crippen molar-refractivity contribution >= 4 is 5.71 Å². The van der Waals surface area contributed by atoms with Gasteiger partial charge in [-0.05, 0) is 51.4 Å². The zero-order chi connectivity index (χ0) is 15.4. The zero-order valence-corrected chi connectivity index (χ0v) is 14.0. The van der Waals surface area contributed by atoms with Gasteiger partial charge in [-0.1, -0.05) is 25.9 Å². The number of β-amino-alcohol motifs (C(OH)–C–C–N with tert-alkyl or cyclic N) is 1. The third kappa shape index (κ3) is 7.25. The molecule has 2 N–H and O–H groups in total. The van der Waals surface area contributed by atoms with E-state index in [2.05, 4.69) is 52.0 Å². The molecule has 4 nitrogen and oxygen atoms in total. The van der Waals surface area contributed by atoms with Crippen LogP contribution in [0.15, 0.2) is 5.16 Å². The van der Waals surface area contributed by atoms with Gasteiger partial charge in [-0.3, -0.25) is 0 Å². The molecule has 2 atom stereocenters. The predicted molar refractivity (Wildman–Crippen MR) is 83.9 cm³/mol. The number of hydrogen-bond acceptors (Lipinski definition) is 4. The summed E-state index contributed by atoms with van der Waals surface area (Å²) in [5, 5.41) is 17.3. The molecule has 0 aromatic heterocycles. The van der Waals surface area contributed by atoms with Crippen molar-refractivity contribution in [3.63, 3.8) is 0 Å². The van der Waals surface area contributed by atoms with Crippen molar-refractivity contribution in [2.75, 3.05) is 13.2 Å². The molecule has 0 heterocycles. The van der Waals surface area contributed by atoms with Crippen LogP contribution in [0.1, 0.15) is 60.8 Å². The minimum Gasteiger partial charge on any atom is -0.393 e. The average molecular weight is 284 g/mol. The maximum atomic E-state index is 9.84. The first-order chi connectivity index (χ1) is 9.07. The number of aliphatic hydroxyl groups excluding tert-OH is 1. The summed E-state index contributed by atoms with van der Waals surface area (Å²) in [5.74, 6) is 0.661. The topological polar surface area (TPSA) is 53.9 Å². The van der Waals surface area contributed by atoms with E-state index < -0.39 is 6.10 Å². The lowest BCUT2D eigenvalue weighted by atomic mass is 9.72. The first-order valence-corrected chi connectivity index (χ1v) is 7.68. The lowest BCUT2D eigenvalue weighted by molar-refractivity contribution is 0.0357. The summed E-state index contributed by atoms with van der Waals surface area (Å²) in [7, 11) is 0. The van der Waals surface area contributed by atoms with Crippen LogP contribution < -0.4 is 5.32 Å². The molecule has 0 amide bonds. The Kier molecular flexibility index (Phi) is 6.02. The molecule has 0 saturated heterocycles. The predicted octanol–water partition coefficient (Wildman–Crippen LogP) is 2.95. The smallest absolute Gasteiger partial charge is 0.144 e. The lowest BCUT2D eigenvalue weighted by Gasteiger charge is -2.34. The minimum atomic E-state index is -0.521. The van der Waals surface area contributed by atoms with E-state index in [1.807, 2.05) is 0 Å². The highest BCUT2D eigenvalue weighted by molar-refractivity contribution is 5.85. The molecule has 118 valence electrons. The Balaban J connectivity index is 2.33. The van der Waals surface area contributed by atoms with Crippen molar-refractivity contribution in [2.24, 2.45) is 16.5 Å². The summed E-state index contributed by atoms with van der Waals surface area (Å²) in [4.78, 5) is 5.34. The van der Waals surface area contributed by atoms with Crippen LogP contribution in [0.25, 0.3) is 0 Å². The van der Waals surface area contributed by atoms with E-state index in [1.54, 1.807) is 0 Å². The molecule has 1 rings (SSSR count).